The summed E-state index contributed by atoms with van der Waals surface area (Å²) in [6.45, 7) is 0. The highest BCUT2D eigenvalue weighted by atomic mass is 35.5. The number of fused-ring (bicyclic) bond motifs is 3. The summed E-state index contributed by atoms with van der Waals surface area (Å²) in [5, 5.41) is 7.88. The molecule has 0 aliphatic carbocycles. The first-order chi connectivity index (χ1) is 15.8. The Morgan fingerprint density at radius 2 is 1.38 bits per heavy atom. The minimum Gasteiger partial charge on any atom is -0.464 e. The van der Waals surface area contributed by atoms with Gasteiger partial charge in [0, 0.05) is 22.6 Å². The van der Waals surface area contributed by atoms with Crippen molar-refractivity contribution >= 4 is 17.3 Å². The van der Waals surface area contributed by atoms with Gasteiger partial charge in [0.15, 0.2) is 0 Å². The smallest absolute Gasteiger partial charge is 0.213 e. The van der Waals surface area contributed by atoms with E-state index in [0.29, 0.717) is 0 Å². The highest BCUT2D eigenvalue weighted by molar-refractivity contribution is 6.30. The van der Waals surface area contributed by atoms with Crippen molar-refractivity contribution < 1.29 is 4.74 Å². The predicted octanol–water partition coefficient (Wildman–Crippen LogP) is 7.25. The maximum atomic E-state index is 6.48. The standard InChI is InChI=1S/C28H21ClN2O/c29-23-16-14-21(15-17-23)25-18-26-24-8-4-5-9-27(24)32-28(31(26)30-25)22-12-10-20(11-13-22)19-6-2-1-3-7-19/h1-17,26,28H,18H2/t26-,28+/m0/s1. The molecule has 2 aliphatic rings. The van der Waals surface area contributed by atoms with Gasteiger partial charge in [-0.15, -0.1) is 0 Å². The summed E-state index contributed by atoms with van der Waals surface area (Å²) in [6, 6.07) is 35.4. The van der Waals surface area contributed by atoms with Gasteiger partial charge < -0.3 is 4.74 Å². The number of hydrazone groups is 1. The van der Waals surface area contributed by atoms with Crippen molar-refractivity contribution in [3.63, 3.8) is 0 Å². The summed E-state index contributed by atoms with van der Waals surface area (Å²) in [6.07, 6.45) is 0.560. The van der Waals surface area contributed by atoms with Gasteiger partial charge in [-0.1, -0.05) is 96.5 Å². The largest absolute Gasteiger partial charge is 0.464 e. The van der Waals surface area contributed by atoms with Gasteiger partial charge in [0.05, 0.1) is 11.8 Å². The van der Waals surface area contributed by atoms with Crippen LogP contribution in [-0.2, 0) is 0 Å². The Bertz CT molecular complexity index is 1280. The van der Waals surface area contributed by atoms with E-state index < -0.39 is 0 Å². The van der Waals surface area contributed by atoms with Crippen LogP contribution in [0.15, 0.2) is 108 Å². The molecule has 0 spiro atoms. The Balaban J connectivity index is 1.38. The summed E-state index contributed by atoms with van der Waals surface area (Å²) in [7, 11) is 0. The summed E-state index contributed by atoms with van der Waals surface area (Å²) in [5.74, 6) is 0.929. The number of para-hydroxylation sites is 1. The Labute approximate surface area is 192 Å². The van der Waals surface area contributed by atoms with Crippen LogP contribution in [0.25, 0.3) is 11.1 Å². The highest BCUT2D eigenvalue weighted by Gasteiger charge is 2.40. The van der Waals surface area contributed by atoms with E-state index in [1.165, 1.54) is 16.7 Å². The fourth-order valence-corrected chi connectivity index (χ4v) is 4.67. The molecule has 0 saturated carbocycles. The van der Waals surface area contributed by atoms with Crippen molar-refractivity contribution in [2.24, 2.45) is 5.10 Å². The van der Waals surface area contributed by atoms with Crippen LogP contribution >= 0.6 is 11.6 Å². The fourth-order valence-electron chi connectivity index (χ4n) is 4.54. The molecule has 0 aromatic heterocycles. The number of ether oxygens (including phenoxy) is 1. The third kappa shape index (κ3) is 3.35. The topological polar surface area (TPSA) is 24.8 Å². The zero-order valence-corrected chi connectivity index (χ0v) is 18.1. The lowest BCUT2D eigenvalue weighted by Crippen LogP contribution is -2.33. The van der Waals surface area contributed by atoms with Crippen LogP contribution in [0.4, 0.5) is 0 Å². The van der Waals surface area contributed by atoms with Crippen LogP contribution in [0.3, 0.4) is 0 Å². The van der Waals surface area contributed by atoms with E-state index in [0.717, 1.165) is 34.0 Å². The second-order valence-corrected chi connectivity index (χ2v) is 8.59. The number of hydrogen-bond acceptors (Lipinski definition) is 3. The lowest BCUT2D eigenvalue weighted by Gasteiger charge is -2.38. The molecule has 32 heavy (non-hydrogen) atoms. The molecule has 0 N–H and O–H groups in total. The molecule has 4 aromatic carbocycles. The molecule has 0 amide bonds. The molecule has 3 nitrogen and oxygen atoms in total. The van der Waals surface area contributed by atoms with Gasteiger partial charge in [0.2, 0.25) is 6.23 Å². The fraction of sp³-hybridized carbons (Fsp3) is 0.107. The number of benzene rings is 4. The molecule has 2 atom stereocenters. The molecule has 4 heteroatoms. The molecule has 0 radical (unpaired) electrons. The van der Waals surface area contributed by atoms with Gasteiger partial charge in [-0.3, -0.25) is 0 Å². The quantitative estimate of drug-likeness (QED) is 0.338. The van der Waals surface area contributed by atoms with Crippen molar-refractivity contribution in [3.8, 4) is 16.9 Å². The average Bonchev–Trinajstić information content (AvgIpc) is 3.30. The van der Waals surface area contributed by atoms with E-state index >= 15 is 0 Å². The molecule has 6 rings (SSSR count). The number of halogens is 1. The van der Waals surface area contributed by atoms with Crippen LogP contribution in [0.1, 0.15) is 35.4 Å². The summed E-state index contributed by atoms with van der Waals surface area (Å²) < 4.78 is 6.48. The molecule has 4 aromatic rings. The lowest BCUT2D eigenvalue weighted by molar-refractivity contribution is -0.0190. The maximum Gasteiger partial charge on any atom is 0.213 e. The average molecular weight is 437 g/mol. The third-order valence-corrected chi connectivity index (χ3v) is 6.43. The zero-order valence-electron chi connectivity index (χ0n) is 17.4. The number of hydrogen-bond donors (Lipinski definition) is 0. The molecule has 2 heterocycles. The van der Waals surface area contributed by atoms with Gasteiger partial charge in [0.25, 0.3) is 0 Å². The van der Waals surface area contributed by atoms with E-state index in [9.17, 15) is 0 Å². The Morgan fingerprint density at radius 3 is 2.16 bits per heavy atom. The van der Waals surface area contributed by atoms with Gasteiger partial charge in [0.1, 0.15) is 5.75 Å². The summed E-state index contributed by atoms with van der Waals surface area (Å²) >= 11 is 6.10. The maximum absolute atomic E-state index is 6.48. The molecular formula is C28H21ClN2O. The summed E-state index contributed by atoms with van der Waals surface area (Å²) in [5.41, 5.74) is 6.81. The third-order valence-electron chi connectivity index (χ3n) is 6.18. The van der Waals surface area contributed by atoms with Crippen molar-refractivity contribution in [3.05, 3.63) is 125 Å². The second-order valence-electron chi connectivity index (χ2n) is 8.15. The number of nitrogens with zero attached hydrogens (tertiary/aromatic N) is 2. The van der Waals surface area contributed by atoms with Crippen molar-refractivity contribution in [1.82, 2.24) is 5.01 Å². The van der Waals surface area contributed by atoms with Gasteiger partial charge in [-0.25, -0.2) is 5.01 Å². The number of rotatable bonds is 3. The van der Waals surface area contributed by atoms with Crippen LogP contribution in [0.2, 0.25) is 5.02 Å². The molecular weight excluding hydrogens is 416 g/mol. The van der Waals surface area contributed by atoms with Crippen LogP contribution in [0.5, 0.6) is 5.75 Å². The zero-order chi connectivity index (χ0) is 21.5. The first-order valence-electron chi connectivity index (χ1n) is 10.8. The first kappa shape index (κ1) is 19.1. The monoisotopic (exact) mass is 436 g/mol. The molecule has 0 bridgehead atoms. The predicted molar refractivity (Wildman–Crippen MR) is 129 cm³/mol. The van der Waals surface area contributed by atoms with Crippen LogP contribution < -0.4 is 4.74 Å². The minimum atomic E-state index is -0.274. The Hall–Kier alpha value is -3.56. The van der Waals surface area contributed by atoms with Gasteiger partial charge >= 0.3 is 0 Å². The highest BCUT2D eigenvalue weighted by Crippen LogP contribution is 2.47. The summed E-state index contributed by atoms with van der Waals surface area (Å²) in [4.78, 5) is 0. The minimum absolute atomic E-state index is 0.143. The SMILES string of the molecule is Clc1ccc(C2=NN3[C@@H](c4ccc(-c5ccccc5)cc4)Oc4ccccc4[C@@H]3C2)cc1. The first-order valence-corrected chi connectivity index (χ1v) is 11.2. The molecule has 2 aliphatic heterocycles. The molecule has 156 valence electrons. The van der Waals surface area contributed by atoms with E-state index in [1.54, 1.807) is 0 Å². The van der Waals surface area contributed by atoms with Crippen molar-refractivity contribution in [2.45, 2.75) is 18.7 Å². The van der Waals surface area contributed by atoms with E-state index in [4.69, 9.17) is 21.4 Å². The van der Waals surface area contributed by atoms with E-state index in [-0.39, 0.29) is 12.3 Å². The van der Waals surface area contributed by atoms with E-state index in [2.05, 4.69) is 71.7 Å². The molecule has 0 unspecified atom stereocenters. The van der Waals surface area contributed by atoms with Crippen molar-refractivity contribution in [2.75, 3.05) is 0 Å². The Kier molecular flexibility index (Phi) is 4.70. The van der Waals surface area contributed by atoms with Gasteiger partial charge in [-0.2, -0.15) is 5.10 Å². The lowest BCUT2D eigenvalue weighted by atomic mass is 9.95. The van der Waals surface area contributed by atoms with Gasteiger partial charge in [-0.05, 0) is 34.9 Å². The molecule has 0 saturated heterocycles. The van der Waals surface area contributed by atoms with Crippen LogP contribution in [-0.4, -0.2) is 10.7 Å². The second kappa shape index (κ2) is 7.85. The van der Waals surface area contributed by atoms with Crippen molar-refractivity contribution in [1.29, 1.82) is 0 Å². The normalized spacial score (nSPS) is 19.0. The van der Waals surface area contributed by atoms with Crippen LogP contribution in [0, 0.1) is 0 Å². The molecule has 0 fully saturated rings. The van der Waals surface area contributed by atoms with E-state index in [1.807, 2.05) is 36.4 Å². The Morgan fingerprint density at radius 1 is 0.719 bits per heavy atom.